The molecule has 0 saturated heterocycles. The highest BCUT2D eigenvalue weighted by Crippen LogP contribution is 2.37. The summed E-state index contributed by atoms with van der Waals surface area (Å²) in [6, 6.07) is 0. The molecule has 0 aliphatic carbocycles. The molecular weight excluding hydrogens is 320 g/mol. The Morgan fingerprint density at radius 3 is 2.20 bits per heavy atom. The molecule has 11 heteroatoms. The van der Waals surface area contributed by atoms with Crippen LogP contribution >= 0.6 is 11.6 Å². The summed E-state index contributed by atoms with van der Waals surface area (Å²) >= 11 is 5.23. The van der Waals surface area contributed by atoms with Crippen molar-refractivity contribution in [2.75, 3.05) is 0 Å². The van der Waals surface area contributed by atoms with Gasteiger partial charge in [-0.3, -0.25) is 0 Å². The number of aromatic carboxylic acids is 1. The maximum absolute atomic E-state index is 12.6. The van der Waals surface area contributed by atoms with Gasteiger partial charge >= 0.3 is 18.5 Å². The van der Waals surface area contributed by atoms with Crippen LogP contribution in [0.3, 0.4) is 0 Å². The van der Waals surface area contributed by atoms with Crippen molar-refractivity contribution in [3.8, 4) is 5.75 Å². The van der Waals surface area contributed by atoms with Crippen LogP contribution in [-0.2, 0) is 12.1 Å². The summed E-state index contributed by atoms with van der Waals surface area (Å²) in [6.45, 7) is 0. The van der Waals surface area contributed by atoms with Crippen molar-refractivity contribution in [1.82, 2.24) is 4.98 Å². The molecule has 1 rings (SSSR count). The first-order valence-corrected chi connectivity index (χ1v) is 5.15. The van der Waals surface area contributed by atoms with E-state index >= 15 is 0 Å². The number of hydrogen-bond donors (Lipinski definition) is 1. The molecular formula is C9H4ClF6NO3. The Balaban J connectivity index is 3.54. The second kappa shape index (κ2) is 5.35. The largest absolute Gasteiger partial charge is 0.573 e. The van der Waals surface area contributed by atoms with E-state index in [1.165, 1.54) is 0 Å². The van der Waals surface area contributed by atoms with Crippen LogP contribution < -0.4 is 4.74 Å². The first-order valence-electron chi connectivity index (χ1n) is 4.61. The van der Waals surface area contributed by atoms with Crippen molar-refractivity contribution in [3.63, 3.8) is 0 Å². The summed E-state index contributed by atoms with van der Waals surface area (Å²) in [5.41, 5.74) is -4.29. The lowest BCUT2D eigenvalue weighted by molar-refractivity contribution is -0.275. The quantitative estimate of drug-likeness (QED) is 0.684. The number of carboxylic acids is 1. The third-order valence-corrected chi connectivity index (χ3v) is 2.26. The zero-order chi connectivity index (χ0) is 15.7. The van der Waals surface area contributed by atoms with Gasteiger partial charge in [0.15, 0.2) is 11.4 Å². The van der Waals surface area contributed by atoms with Crippen molar-refractivity contribution < 1.29 is 41.0 Å². The van der Waals surface area contributed by atoms with E-state index in [1.54, 1.807) is 0 Å². The monoisotopic (exact) mass is 323 g/mol. The van der Waals surface area contributed by atoms with Gasteiger partial charge in [-0.25, -0.2) is 9.78 Å². The third-order valence-electron chi connectivity index (χ3n) is 1.99. The SMILES string of the molecule is O=C(O)c1c(C(F)(F)F)ncc(OC(F)(F)F)c1CCl. The number of pyridine rings is 1. The van der Waals surface area contributed by atoms with Crippen LogP contribution in [0, 0.1) is 0 Å². The fourth-order valence-corrected chi connectivity index (χ4v) is 1.59. The maximum atomic E-state index is 12.6. The minimum Gasteiger partial charge on any atom is -0.478 e. The van der Waals surface area contributed by atoms with Gasteiger partial charge < -0.3 is 9.84 Å². The molecule has 0 fully saturated rings. The maximum Gasteiger partial charge on any atom is 0.573 e. The van der Waals surface area contributed by atoms with Crippen LogP contribution in [0.2, 0.25) is 0 Å². The van der Waals surface area contributed by atoms with Crippen molar-refractivity contribution >= 4 is 17.6 Å². The topological polar surface area (TPSA) is 59.4 Å². The average molecular weight is 324 g/mol. The van der Waals surface area contributed by atoms with Gasteiger partial charge in [0.05, 0.1) is 17.6 Å². The summed E-state index contributed by atoms with van der Waals surface area (Å²) in [6.07, 6.45) is -10.3. The van der Waals surface area contributed by atoms with Crippen molar-refractivity contribution in [2.45, 2.75) is 18.4 Å². The van der Waals surface area contributed by atoms with E-state index in [9.17, 15) is 31.1 Å². The zero-order valence-electron chi connectivity index (χ0n) is 9.14. The molecule has 0 bridgehead atoms. The van der Waals surface area contributed by atoms with E-state index < -0.39 is 47.0 Å². The second-order valence-electron chi connectivity index (χ2n) is 3.31. The highest BCUT2D eigenvalue weighted by molar-refractivity contribution is 6.18. The standard InChI is InChI=1S/C9H4ClF6NO3/c10-1-3-4(20-9(14,15)16)2-17-6(8(11,12)13)5(3)7(18)19/h2H,1H2,(H,18,19). The number of hydrogen-bond acceptors (Lipinski definition) is 3. The number of halogens is 7. The van der Waals surface area contributed by atoms with Crippen molar-refractivity contribution in [1.29, 1.82) is 0 Å². The van der Waals surface area contributed by atoms with Gasteiger partial charge in [0, 0.05) is 5.56 Å². The van der Waals surface area contributed by atoms with Crippen LogP contribution in [0.25, 0.3) is 0 Å². The molecule has 0 aliphatic rings. The first kappa shape index (κ1) is 16.3. The summed E-state index contributed by atoms with van der Waals surface area (Å²) in [4.78, 5) is 13.5. The molecule has 0 aliphatic heterocycles. The Kier molecular flexibility index (Phi) is 4.37. The minimum absolute atomic E-state index is 0.125. The van der Waals surface area contributed by atoms with Crippen LogP contribution in [0.4, 0.5) is 26.3 Å². The molecule has 0 amide bonds. The predicted molar refractivity (Wildman–Crippen MR) is 52.4 cm³/mol. The molecule has 0 atom stereocenters. The molecule has 20 heavy (non-hydrogen) atoms. The lowest BCUT2D eigenvalue weighted by Gasteiger charge is -2.16. The van der Waals surface area contributed by atoms with Crippen molar-refractivity contribution in [2.24, 2.45) is 0 Å². The lowest BCUT2D eigenvalue weighted by Crippen LogP contribution is -2.22. The smallest absolute Gasteiger partial charge is 0.478 e. The lowest BCUT2D eigenvalue weighted by atomic mass is 10.1. The molecule has 0 spiro atoms. The van der Waals surface area contributed by atoms with Gasteiger partial charge in [0.1, 0.15) is 0 Å². The number of alkyl halides is 7. The first-order chi connectivity index (χ1) is 8.97. The Labute approximate surface area is 111 Å². The van der Waals surface area contributed by atoms with Crippen LogP contribution in [0.1, 0.15) is 21.6 Å². The summed E-state index contributed by atoms with van der Waals surface area (Å²) in [7, 11) is 0. The summed E-state index contributed by atoms with van der Waals surface area (Å²) < 4.78 is 77.3. The third kappa shape index (κ3) is 3.65. The number of aromatic nitrogens is 1. The minimum atomic E-state index is -5.22. The molecule has 0 saturated carbocycles. The van der Waals surface area contributed by atoms with Crippen LogP contribution in [0.5, 0.6) is 5.75 Å². The highest BCUT2D eigenvalue weighted by Gasteiger charge is 2.41. The molecule has 1 aromatic heterocycles. The number of carbonyl (C=O) groups is 1. The Morgan fingerprint density at radius 2 is 1.85 bits per heavy atom. The number of carboxylic acid groups (broad SMARTS) is 1. The van der Waals surface area contributed by atoms with Crippen LogP contribution in [0.15, 0.2) is 6.20 Å². The molecule has 112 valence electrons. The highest BCUT2D eigenvalue weighted by atomic mass is 35.5. The van der Waals surface area contributed by atoms with Crippen LogP contribution in [-0.4, -0.2) is 22.4 Å². The Hall–Kier alpha value is -1.71. The van der Waals surface area contributed by atoms with Gasteiger partial charge in [-0.15, -0.1) is 24.8 Å². The van der Waals surface area contributed by atoms with Gasteiger partial charge in [-0.1, -0.05) is 0 Å². The zero-order valence-corrected chi connectivity index (χ0v) is 9.90. The fourth-order valence-electron chi connectivity index (χ4n) is 1.32. The van der Waals surface area contributed by atoms with E-state index in [-0.39, 0.29) is 6.20 Å². The molecule has 4 nitrogen and oxygen atoms in total. The number of ether oxygens (including phenoxy) is 1. The normalized spacial score (nSPS) is 12.3. The van der Waals surface area contributed by atoms with Gasteiger partial charge in [0.2, 0.25) is 0 Å². The van der Waals surface area contributed by atoms with E-state index in [0.29, 0.717) is 0 Å². The predicted octanol–water partition coefficient (Wildman–Crippen LogP) is 3.44. The van der Waals surface area contributed by atoms with Gasteiger partial charge in [-0.2, -0.15) is 13.2 Å². The fraction of sp³-hybridized carbons (Fsp3) is 0.333. The van der Waals surface area contributed by atoms with Crippen molar-refractivity contribution in [3.05, 3.63) is 23.0 Å². The van der Waals surface area contributed by atoms with E-state index in [2.05, 4.69) is 9.72 Å². The molecule has 0 unspecified atom stereocenters. The number of nitrogens with zero attached hydrogens (tertiary/aromatic N) is 1. The van der Waals surface area contributed by atoms with E-state index in [1.807, 2.05) is 0 Å². The second-order valence-corrected chi connectivity index (χ2v) is 3.58. The summed E-state index contributed by atoms with van der Waals surface area (Å²) in [5.74, 6) is -4.25. The molecule has 0 aromatic carbocycles. The Bertz CT molecular complexity index is 528. The van der Waals surface area contributed by atoms with Gasteiger partial charge in [-0.05, 0) is 0 Å². The molecule has 1 N–H and O–H groups in total. The van der Waals surface area contributed by atoms with E-state index in [4.69, 9.17) is 16.7 Å². The average Bonchev–Trinajstić information content (AvgIpc) is 2.24. The molecule has 1 heterocycles. The molecule has 1 aromatic rings. The number of rotatable bonds is 3. The van der Waals surface area contributed by atoms with Gasteiger partial charge in [0.25, 0.3) is 0 Å². The Morgan fingerprint density at radius 1 is 1.30 bits per heavy atom. The summed E-state index contributed by atoms with van der Waals surface area (Å²) in [5, 5.41) is 8.73. The molecule has 0 radical (unpaired) electrons. The van der Waals surface area contributed by atoms with E-state index in [0.717, 1.165) is 0 Å².